The number of primary amides is 1. The van der Waals surface area contributed by atoms with Crippen molar-refractivity contribution in [2.75, 3.05) is 6.54 Å². The Bertz CT molecular complexity index is 924. The Labute approximate surface area is 143 Å². The molecule has 2 amide bonds. The minimum absolute atomic E-state index is 0.0512. The number of carbonyl (C=O) groups is 2. The van der Waals surface area contributed by atoms with E-state index < -0.39 is 5.91 Å². The molecule has 0 unspecified atom stereocenters. The fraction of sp³-hybridized carbons (Fsp3) is 0.294. The smallest absolute Gasteiger partial charge is 0.266 e. The van der Waals surface area contributed by atoms with Crippen LogP contribution in [0.5, 0.6) is 0 Å². The van der Waals surface area contributed by atoms with E-state index in [1.54, 1.807) is 9.47 Å². The summed E-state index contributed by atoms with van der Waals surface area (Å²) in [7, 11) is 0. The van der Waals surface area contributed by atoms with Crippen molar-refractivity contribution in [3.63, 3.8) is 0 Å². The second-order valence-corrected chi connectivity index (χ2v) is 6.09. The molecule has 0 radical (unpaired) electrons. The SMILES string of the molecule is NC(=O)c1cnc2n1CCN(C(=O)CCc1nc3ccccc3[nH]1)C2. The number of nitrogens with two attached hydrogens (primary N) is 1. The molecule has 0 saturated heterocycles. The predicted molar refractivity (Wildman–Crippen MR) is 90.6 cm³/mol. The molecule has 8 heteroatoms. The van der Waals surface area contributed by atoms with Gasteiger partial charge in [0.15, 0.2) is 0 Å². The van der Waals surface area contributed by atoms with Crippen LogP contribution in [-0.4, -0.2) is 42.8 Å². The number of aryl methyl sites for hydroxylation is 1. The number of benzene rings is 1. The Morgan fingerprint density at radius 3 is 2.88 bits per heavy atom. The van der Waals surface area contributed by atoms with E-state index in [2.05, 4.69) is 15.0 Å². The Morgan fingerprint density at radius 2 is 2.08 bits per heavy atom. The lowest BCUT2D eigenvalue weighted by atomic mass is 10.2. The first-order chi connectivity index (χ1) is 12.1. The van der Waals surface area contributed by atoms with Gasteiger partial charge in [0.05, 0.1) is 23.8 Å². The number of aromatic amines is 1. The number of aromatic nitrogens is 4. The number of nitrogens with one attached hydrogen (secondary N) is 1. The number of amides is 2. The quantitative estimate of drug-likeness (QED) is 0.734. The number of imidazole rings is 2. The summed E-state index contributed by atoms with van der Waals surface area (Å²) >= 11 is 0. The number of H-pyrrole nitrogens is 1. The first kappa shape index (κ1) is 15.4. The van der Waals surface area contributed by atoms with E-state index in [-0.39, 0.29) is 5.91 Å². The van der Waals surface area contributed by atoms with E-state index in [9.17, 15) is 9.59 Å². The molecule has 25 heavy (non-hydrogen) atoms. The Kier molecular flexibility index (Phi) is 3.72. The highest BCUT2D eigenvalue weighted by Gasteiger charge is 2.24. The molecular weight excluding hydrogens is 320 g/mol. The molecule has 128 valence electrons. The van der Waals surface area contributed by atoms with Gasteiger partial charge in [-0.25, -0.2) is 9.97 Å². The van der Waals surface area contributed by atoms with Gasteiger partial charge in [-0.15, -0.1) is 0 Å². The third kappa shape index (κ3) is 2.86. The monoisotopic (exact) mass is 338 g/mol. The summed E-state index contributed by atoms with van der Waals surface area (Å²) in [5.41, 5.74) is 7.61. The molecule has 0 atom stereocenters. The van der Waals surface area contributed by atoms with Crippen LogP contribution in [0.2, 0.25) is 0 Å². The topological polar surface area (TPSA) is 110 Å². The highest BCUT2D eigenvalue weighted by atomic mass is 16.2. The first-order valence-corrected chi connectivity index (χ1v) is 8.17. The van der Waals surface area contributed by atoms with Crippen LogP contribution in [0.25, 0.3) is 11.0 Å². The number of rotatable bonds is 4. The van der Waals surface area contributed by atoms with Crippen LogP contribution in [-0.2, 0) is 24.3 Å². The molecule has 3 aromatic rings. The van der Waals surface area contributed by atoms with E-state index in [1.165, 1.54) is 6.20 Å². The van der Waals surface area contributed by atoms with Gasteiger partial charge in [0.1, 0.15) is 17.3 Å². The molecular formula is C17H18N6O2. The van der Waals surface area contributed by atoms with Gasteiger partial charge in [-0.3, -0.25) is 9.59 Å². The average molecular weight is 338 g/mol. The minimum Gasteiger partial charge on any atom is -0.364 e. The van der Waals surface area contributed by atoms with Crippen molar-refractivity contribution in [1.82, 2.24) is 24.4 Å². The summed E-state index contributed by atoms with van der Waals surface area (Å²) < 4.78 is 1.78. The Balaban J connectivity index is 1.40. The zero-order valence-electron chi connectivity index (χ0n) is 13.6. The molecule has 1 aliphatic rings. The maximum Gasteiger partial charge on any atom is 0.266 e. The van der Waals surface area contributed by atoms with Crippen molar-refractivity contribution in [2.24, 2.45) is 5.73 Å². The number of para-hydroxylation sites is 2. The van der Waals surface area contributed by atoms with Gasteiger partial charge in [-0.2, -0.15) is 0 Å². The number of fused-ring (bicyclic) bond motifs is 2. The van der Waals surface area contributed by atoms with Crippen LogP contribution in [0.1, 0.15) is 28.6 Å². The third-order valence-electron chi connectivity index (χ3n) is 4.48. The van der Waals surface area contributed by atoms with Crippen LogP contribution in [0, 0.1) is 0 Å². The Hall–Kier alpha value is -3.16. The molecule has 0 aliphatic carbocycles. The second-order valence-electron chi connectivity index (χ2n) is 6.09. The van der Waals surface area contributed by atoms with Crippen LogP contribution in [0.4, 0.5) is 0 Å². The van der Waals surface area contributed by atoms with E-state index >= 15 is 0 Å². The molecule has 3 heterocycles. The number of nitrogens with zero attached hydrogens (tertiary/aromatic N) is 4. The summed E-state index contributed by atoms with van der Waals surface area (Å²) in [6.45, 7) is 1.47. The molecule has 8 nitrogen and oxygen atoms in total. The van der Waals surface area contributed by atoms with E-state index in [0.717, 1.165) is 16.9 Å². The molecule has 1 aromatic carbocycles. The molecule has 4 rings (SSSR count). The van der Waals surface area contributed by atoms with Crippen LogP contribution in [0.15, 0.2) is 30.5 Å². The zero-order valence-corrected chi connectivity index (χ0v) is 13.6. The highest BCUT2D eigenvalue weighted by molar-refractivity contribution is 5.91. The fourth-order valence-electron chi connectivity index (χ4n) is 3.18. The van der Waals surface area contributed by atoms with Crippen LogP contribution >= 0.6 is 0 Å². The van der Waals surface area contributed by atoms with Gasteiger partial charge in [0.25, 0.3) is 5.91 Å². The lowest BCUT2D eigenvalue weighted by Gasteiger charge is -2.28. The third-order valence-corrected chi connectivity index (χ3v) is 4.48. The summed E-state index contributed by atoms with van der Waals surface area (Å²) in [6.07, 6.45) is 2.41. The lowest BCUT2D eigenvalue weighted by molar-refractivity contribution is -0.132. The van der Waals surface area contributed by atoms with E-state index in [4.69, 9.17) is 5.73 Å². The van der Waals surface area contributed by atoms with Gasteiger partial charge in [-0.05, 0) is 12.1 Å². The number of carbonyl (C=O) groups excluding carboxylic acids is 2. The van der Waals surface area contributed by atoms with Crippen molar-refractivity contribution >= 4 is 22.8 Å². The second kappa shape index (κ2) is 6.04. The average Bonchev–Trinajstić information content (AvgIpc) is 3.22. The van der Waals surface area contributed by atoms with Crippen LogP contribution < -0.4 is 5.73 Å². The molecule has 0 bridgehead atoms. The largest absolute Gasteiger partial charge is 0.364 e. The molecule has 3 N–H and O–H groups in total. The summed E-state index contributed by atoms with van der Waals surface area (Å²) in [4.78, 5) is 37.5. The van der Waals surface area contributed by atoms with Gasteiger partial charge < -0.3 is 20.2 Å². The number of hydrogen-bond donors (Lipinski definition) is 2. The Morgan fingerprint density at radius 1 is 1.24 bits per heavy atom. The maximum atomic E-state index is 12.5. The summed E-state index contributed by atoms with van der Waals surface area (Å²) in [6, 6.07) is 7.80. The standard InChI is InChI=1S/C17H18N6O2/c18-17(25)13-9-19-15-10-22(7-8-23(13)15)16(24)6-5-14-20-11-3-1-2-4-12(11)21-14/h1-4,9H,5-8,10H2,(H2,18,25)(H,20,21). The molecule has 0 fully saturated rings. The van der Waals surface area contributed by atoms with Crippen molar-refractivity contribution in [3.8, 4) is 0 Å². The minimum atomic E-state index is -0.497. The normalized spacial score (nSPS) is 13.8. The van der Waals surface area contributed by atoms with Gasteiger partial charge >= 0.3 is 0 Å². The van der Waals surface area contributed by atoms with E-state index in [1.807, 2.05) is 24.3 Å². The summed E-state index contributed by atoms with van der Waals surface area (Å²) in [5.74, 6) is 1.06. The maximum absolute atomic E-state index is 12.5. The fourth-order valence-corrected chi connectivity index (χ4v) is 3.18. The van der Waals surface area contributed by atoms with E-state index in [0.29, 0.717) is 44.0 Å². The molecule has 0 saturated carbocycles. The van der Waals surface area contributed by atoms with Gasteiger partial charge in [-0.1, -0.05) is 12.1 Å². The van der Waals surface area contributed by atoms with Crippen molar-refractivity contribution < 1.29 is 9.59 Å². The summed E-state index contributed by atoms with van der Waals surface area (Å²) in [5, 5.41) is 0. The predicted octanol–water partition coefficient (Wildman–Crippen LogP) is 0.833. The van der Waals surface area contributed by atoms with Crippen molar-refractivity contribution in [1.29, 1.82) is 0 Å². The molecule has 2 aromatic heterocycles. The highest BCUT2D eigenvalue weighted by Crippen LogP contribution is 2.16. The van der Waals surface area contributed by atoms with Crippen LogP contribution in [0.3, 0.4) is 0 Å². The first-order valence-electron chi connectivity index (χ1n) is 8.17. The van der Waals surface area contributed by atoms with Gasteiger partial charge in [0.2, 0.25) is 5.91 Å². The lowest BCUT2D eigenvalue weighted by Crippen LogP contribution is -2.39. The molecule has 0 spiro atoms. The molecule has 1 aliphatic heterocycles. The number of hydrogen-bond acceptors (Lipinski definition) is 4. The zero-order chi connectivity index (χ0) is 17.4. The van der Waals surface area contributed by atoms with Gasteiger partial charge in [0, 0.05) is 25.9 Å². The van der Waals surface area contributed by atoms with Crippen molar-refractivity contribution in [2.45, 2.75) is 25.9 Å². The van der Waals surface area contributed by atoms with Crippen molar-refractivity contribution in [3.05, 3.63) is 47.8 Å².